The number of hydrogen-bond donors (Lipinski definition) is 1. The number of thiophene rings is 1. The maximum absolute atomic E-state index is 11.6. The minimum absolute atomic E-state index is 0.118. The van der Waals surface area contributed by atoms with Gasteiger partial charge in [0.05, 0.1) is 4.34 Å². The first-order valence-corrected chi connectivity index (χ1v) is 10.9. The van der Waals surface area contributed by atoms with Crippen molar-refractivity contribution >= 4 is 28.7 Å². The molecule has 0 aliphatic carbocycles. The highest BCUT2D eigenvalue weighted by Gasteiger charge is 2.20. The van der Waals surface area contributed by atoms with Crippen molar-refractivity contribution in [2.75, 3.05) is 39.3 Å². The zero-order valence-corrected chi connectivity index (χ0v) is 17.7. The first kappa shape index (κ1) is 21.3. The molecule has 3 rings (SSSR count). The Morgan fingerprint density at radius 2 is 1.82 bits per heavy atom. The van der Waals surface area contributed by atoms with E-state index in [4.69, 9.17) is 16.3 Å². The van der Waals surface area contributed by atoms with E-state index in [0.717, 1.165) is 37.1 Å². The van der Waals surface area contributed by atoms with Crippen LogP contribution in [0.4, 0.5) is 0 Å². The van der Waals surface area contributed by atoms with Crippen LogP contribution in [0.1, 0.15) is 28.6 Å². The smallest absolute Gasteiger partial charge is 0.162 e. The van der Waals surface area contributed by atoms with E-state index in [9.17, 15) is 9.90 Å². The Kier molecular flexibility index (Phi) is 7.88. The maximum atomic E-state index is 11.6. The van der Waals surface area contributed by atoms with Gasteiger partial charge < -0.3 is 9.84 Å². The molecule has 5 nitrogen and oxygen atoms in total. The molecule has 2 aromatic rings. The Balaban J connectivity index is 1.36. The number of aliphatic hydroxyl groups is 1. The second-order valence-corrected chi connectivity index (χ2v) is 8.85. The molecule has 0 spiro atoms. The third-order valence-electron chi connectivity index (χ3n) is 4.88. The lowest BCUT2D eigenvalue weighted by atomic mass is 10.1. The number of piperazine rings is 1. The van der Waals surface area contributed by atoms with Crippen molar-refractivity contribution in [3.05, 3.63) is 51.2 Å². The van der Waals surface area contributed by atoms with E-state index in [1.165, 1.54) is 4.88 Å². The van der Waals surface area contributed by atoms with Crippen LogP contribution in [0.2, 0.25) is 4.34 Å². The molecule has 7 heteroatoms. The molecular formula is C21H27ClN2O3S. The molecule has 0 saturated carbocycles. The fourth-order valence-corrected chi connectivity index (χ4v) is 4.40. The van der Waals surface area contributed by atoms with Gasteiger partial charge >= 0.3 is 0 Å². The fraction of sp³-hybridized carbons (Fsp3) is 0.476. The molecule has 0 amide bonds. The number of benzene rings is 1. The number of rotatable bonds is 9. The van der Waals surface area contributed by atoms with Crippen molar-refractivity contribution < 1.29 is 14.6 Å². The summed E-state index contributed by atoms with van der Waals surface area (Å²) in [6, 6.07) is 11.1. The molecule has 1 aromatic heterocycles. The van der Waals surface area contributed by atoms with Crippen molar-refractivity contribution in [3.63, 3.8) is 0 Å². The molecular weight excluding hydrogens is 396 g/mol. The highest BCUT2D eigenvalue weighted by Crippen LogP contribution is 2.23. The van der Waals surface area contributed by atoms with Gasteiger partial charge in [0.1, 0.15) is 18.5 Å². The Morgan fingerprint density at radius 3 is 2.43 bits per heavy atom. The largest absolute Gasteiger partial charge is 0.491 e. The van der Waals surface area contributed by atoms with Crippen molar-refractivity contribution in [2.45, 2.75) is 26.0 Å². The van der Waals surface area contributed by atoms with E-state index >= 15 is 0 Å². The summed E-state index contributed by atoms with van der Waals surface area (Å²) in [6.45, 7) is 7.47. The minimum atomic E-state index is -0.542. The van der Waals surface area contributed by atoms with E-state index in [1.807, 2.05) is 13.0 Å². The summed E-state index contributed by atoms with van der Waals surface area (Å²) in [6.07, 6.45) is -0.0487. The van der Waals surface area contributed by atoms with Crippen LogP contribution < -0.4 is 4.74 Å². The number of aliphatic hydroxyl groups excluding tert-OH is 1. The number of ether oxygens (including phenoxy) is 1. The van der Waals surface area contributed by atoms with Crippen LogP contribution in [-0.4, -0.2) is 66.1 Å². The van der Waals surface area contributed by atoms with Crippen LogP contribution in [-0.2, 0) is 6.54 Å². The highest BCUT2D eigenvalue weighted by atomic mass is 35.5. The van der Waals surface area contributed by atoms with Gasteiger partial charge in [-0.15, -0.1) is 11.3 Å². The Morgan fingerprint density at radius 1 is 1.14 bits per heavy atom. The summed E-state index contributed by atoms with van der Waals surface area (Å²) in [4.78, 5) is 17.6. The fourth-order valence-electron chi connectivity index (χ4n) is 3.27. The summed E-state index contributed by atoms with van der Waals surface area (Å²) in [5, 5.41) is 10.3. The minimum Gasteiger partial charge on any atom is -0.491 e. The number of β-amino-alcohol motifs (C(OH)–C–C–N with tert-alkyl or cyclic N) is 1. The number of hydrogen-bond acceptors (Lipinski definition) is 6. The number of halogens is 1. The van der Waals surface area contributed by atoms with Crippen LogP contribution in [0.5, 0.6) is 5.75 Å². The second kappa shape index (κ2) is 10.4. The zero-order valence-electron chi connectivity index (χ0n) is 16.1. The summed E-state index contributed by atoms with van der Waals surface area (Å²) in [7, 11) is 0. The third kappa shape index (κ3) is 6.29. The van der Waals surface area contributed by atoms with Gasteiger partial charge in [-0.1, -0.05) is 18.5 Å². The lowest BCUT2D eigenvalue weighted by molar-refractivity contribution is 0.0448. The van der Waals surface area contributed by atoms with E-state index < -0.39 is 6.10 Å². The van der Waals surface area contributed by atoms with E-state index in [-0.39, 0.29) is 12.4 Å². The number of ketones is 1. The molecule has 1 aliphatic heterocycles. The van der Waals surface area contributed by atoms with Gasteiger partial charge in [0.25, 0.3) is 0 Å². The molecule has 1 atom stereocenters. The summed E-state index contributed by atoms with van der Waals surface area (Å²) in [5.41, 5.74) is 0.693. The van der Waals surface area contributed by atoms with Crippen LogP contribution in [0.25, 0.3) is 0 Å². The number of carbonyl (C=O) groups excluding carboxylic acids is 1. The molecule has 0 radical (unpaired) electrons. The molecule has 152 valence electrons. The molecule has 2 heterocycles. The normalized spacial score (nSPS) is 16.8. The summed E-state index contributed by atoms with van der Waals surface area (Å²) < 4.78 is 6.51. The van der Waals surface area contributed by atoms with Gasteiger partial charge in [0, 0.05) is 56.1 Å². The average molecular weight is 423 g/mol. The molecule has 1 aliphatic rings. The Labute approximate surface area is 175 Å². The average Bonchev–Trinajstić information content (AvgIpc) is 3.12. The van der Waals surface area contributed by atoms with E-state index in [2.05, 4.69) is 15.9 Å². The number of Topliss-reactive ketones (excluding diaryl/α,β-unsaturated/α-hetero) is 1. The molecule has 28 heavy (non-hydrogen) atoms. The van der Waals surface area contributed by atoms with E-state index in [0.29, 0.717) is 24.3 Å². The second-order valence-electron chi connectivity index (χ2n) is 7.05. The maximum Gasteiger partial charge on any atom is 0.162 e. The first-order chi connectivity index (χ1) is 13.5. The summed E-state index contributed by atoms with van der Waals surface area (Å²) >= 11 is 7.63. The van der Waals surface area contributed by atoms with Gasteiger partial charge in [-0.2, -0.15) is 0 Å². The van der Waals surface area contributed by atoms with Crippen molar-refractivity contribution in [1.82, 2.24) is 9.80 Å². The van der Waals surface area contributed by atoms with Gasteiger partial charge in [-0.25, -0.2) is 0 Å². The molecule has 1 unspecified atom stereocenters. The Hall–Kier alpha value is -1.44. The topological polar surface area (TPSA) is 53.0 Å². The lowest BCUT2D eigenvalue weighted by Gasteiger charge is -2.35. The lowest BCUT2D eigenvalue weighted by Crippen LogP contribution is -2.48. The van der Waals surface area contributed by atoms with E-state index in [1.54, 1.807) is 35.6 Å². The molecule has 0 bridgehead atoms. The third-order valence-corrected chi connectivity index (χ3v) is 6.10. The van der Waals surface area contributed by atoms with Crippen molar-refractivity contribution in [2.24, 2.45) is 0 Å². The predicted octanol–water partition coefficient (Wildman–Crippen LogP) is 3.55. The first-order valence-electron chi connectivity index (χ1n) is 9.66. The van der Waals surface area contributed by atoms with Gasteiger partial charge in [-0.3, -0.25) is 14.6 Å². The molecule has 1 N–H and O–H groups in total. The van der Waals surface area contributed by atoms with Crippen LogP contribution in [0.3, 0.4) is 0 Å². The monoisotopic (exact) mass is 422 g/mol. The van der Waals surface area contributed by atoms with Gasteiger partial charge in [0.2, 0.25) is 0 Å². The Bertz CT molecular complexity index is 757. The van der Waals surface area contributed by atoms with Crippen LogP contribution in [0, 0.1) is 0 Å². The van der Waals surface area contributed by atoms with Crippen molar-refractivity contribution in [1.29, 1.82) is 0 Å². The predicted molar refractivity (Wildman–Crippen MR) is 114 cm³/mol. The van der Waals surface area contributed by atoms with Crippen LogP contribution >= 0.6 is 22.9 Å². The zero-order chi connectivity index (χ0) is 19.9. The quantitative estimate of drug-likeness (QED) is 0.626. The number of carbonyl (C=O) groups is 1. The highest BCUT2D eigenvalue weighted by molar-refractivity contribution is 7.16. The molecule has 1 fully saturated rings. The molecule has 1 aromatic carbocycles. The SMILES string of the molecule is CCC(=O)c1ccc(OCC(O)CN2CCN(Cc3ccc(Cl)s3)CC2)cc1. The standard InChI is InChI=1S/C21H27ClN2O3S/c1-2-20(26)16-3-5-18(6-4-16)27-15-17(25)13-23-9-11-24(12-10-23)14-19-7-8-21(22)28-19/h3-8,17,25H,2,9-15H2,1H3. The van der Waals surface area contributed by atoms with Crippen LogP contribution in [0.15, 0.2) is 36.4 Å². The van der Waals surface area contributed by atoms with Crippen molar-refractivity contribution in [3.8, 4) is 5.75 Å². The number of nitrogens with zero attached hydrogens (tertiary/aromatic N) is 2. The van der Waals surface area contributed by atoms with Gasteiger partial charge in [-0.05, 0) is 36.4 Å². The molecule has 1 saturated heterocycles. The summed E-state index contributed by atoms with van der Waals surface area (Å²) in [5.74, 6) is 0.791. The van der Waals surface area contributed by atoms with Gasteiger partial charge in [0.15, 0.2) is 5.78 Å².